The van der Waals surface area contributed by atoms with Crippen LogP contribution in [0.3, 0.4) is 0 Å². The zero-order valence-electron chi connectivity index (χ0n) is 9.44. The van der Waals surface area contributed by atoms with Crippen LogP contribution in [0.1, 0.15) is 11.8 Å². The molecule has 1 atom stereocenters. The molecule has 1 fully saturated rings. The van der Waals surface area contributed by atoms with Crippen LogP contribution in [0.4, 0.5) is 0 Å². The normalized spacial score (nSPS) is 22.7. The van der Waals surface area contributed by atoms with E-state index in [1.54, 1.807) is 0 Å². The molecule has 3 heteroatoms. The molecule has 0 bridgehead atoms. The summed E-state index contributed by atoms with van der Waals surface area (Å²) in [5, 5.41) is 4.68. The van der Waals surface area contributed by atoms with Crippen molar-refractivity contribution in [2.45, 2.75) is 6.04 Å². The average Bonchev–Trinajstić information content (AvgIpc) is 2.72. The Kier molecular flexibility index (Phi) is 2.42. The first-order chi connectivity index (χ1) is 7.83. The minimum atomic E-state index is 0.325. The molecule has 1 aromatic carbocycles. The number of furan rings is 1. The third kappa shape index (κ3) is 1.72. The lowest BCUT2D eigenvalue weighted by Crippen LogP contribution is -2.43. The van der Waals surface area contributed by atoms with Crippen molar-refractivity contribution in [3.05, 3.63) is 36.1 Å². The topological polar surface area (TPSA) is 28.4 Å². The smallest absolute Gasteiger partial charge is 0.134 e. The summed E-state index contributed by atoms with van der Waals surface area (Å²) in [5.74, 6) is 1.05. The van der Waals surface area contributed by atoms with Gasteiger partial charge in [-0.15, -0.1) is 0 Å². The minimum Gasteiger partial charge on any atom is -0.459 e. The second-order valence-corrected chi connectivity index (χ2v) is 4.46. The summed E-state index contributed by atoms with van der Waals surface area (Å²) < 4.78 is 5.87. The predicted octanol–water partition coefficient (Wildman–Crippen LogP) is 2.01. The van der Waals surface area contributed by atoms with E-state index in [1.807, 2.05) is 18.2 Å². The third-order valence-electron chi connectivity index (χ3n) is 3.17. The zero-order chi connectivity index (χ0) is 11.0. The van der Waals surface area contributed by atoms with E-state index in [1.165, 1.54) is 5.39 Å². The Hall–Kier alpha value is -1.32. The first kappa shape index (κ1) is 9.87. The molecule has 0 amide bonds. The predicted molar refractivity (Wildman–Crippen MR) is 64.5 cm³/mol. The van der Waals surface area contributed by atoms with Gasteiger partial charge in [0.15, 0.2) is 0 Å². The number of nitrogens with zero attached hydrogens (tertiary/aromatic N) is 1. The molecule has 0 aliphatic carbocycles. The molecule has 16 heavy (non-hydrogen) atoms. The largest absolute Gasteiger partial charge is 0.459 e. The molecule has 0 saturated carbocycles. The molecule has 1 saturated heterocycles. The van der Waals surface area contributed by atoms with Crippen molar-refractivity contribution in [1.29, 1.82) is 0 Å². The highest BCUT2D eigenvalue weighted by atomic mass is 16.3. The lowest BCUT2D eigenvalue weighted by Gasteiger charge is -2.29. The van der Waals surface area contributed by atoms with Gasteiger partial charge in [-0.3, -0.25) is 0 Å². The van der Waals surface area contributed by atoms with Crippen LogP contribution in [0.5, 0.6) is 0 Å². The number of rotatable bonds is 1. The standard InChI is InChI=1S/C13H16N2O/c1-15-7-6-14-11(9-15)13-8-10-4-2-3-5-12(10)16-13/h2-5,8,11,14H,6-7,9H2,1H3. The summed E-state index contributed by atoms with van der Waals surface area (Å²) in [6.45, 7) is 3.15. The van der Waals surface area contributed by atoms with Crippen molar-refractivity contribution in [3.8, 4) is 0 Å². The second kappa shape index (κ2) is 3.92. The SMILES string of the molecule is CN1CCNC(c2cc3ccccc3o2)C1. The maximum Gasteiger partial charge on any atom is 0.134 e. The summed E-state index contributed by atoms with van der Waals surface area (Å²) in [6, 6.07) is 10.6. The number of hydrogen-bond donors (Lipinski definition) is 1. The zero-order valence-corrected chi connectivity index (χ0v) is 9.44. The molecular weight excluding hydrogens is 200 g/mol. The van der Waals surface area contributed by atoms with E-state index in [9.17, 15) is 0 Å². The van der Waals surface area contributed by atoms with Gasteiger partial charge in [0.05, 0.1) is 6.04 Å². The first-order valence-corrected chi connectivity index (χ1v) is 5.73. The fourth-order valence-corrected chi connectivity index (χ4v) is 2.26. The van der Waals surface area contributed by atoms with Crippen LogP contribution in [0.25, 0.3) is 11.0 Å². The van der Waals surface area contributed by atoms with Gasteiger partial charge in [0, 0.05) is 25.0 Å². The molecule has 1 unspecified atom stereocenters. The van der Waals surface area contributed by atoms with Gasteiger partial charge in [-0.25, -0.2) is 0 Å². The second-order valence-electron chi connectivity index (χ2n) is 4.46. The van der Waals surface area contributed by atoms with Crippen molar-refractivity contribution in [1.82, 2.24) is 10.2 Å². The number of nitrogens with one attached hydrogen (secondary N) is 1. The Labute approximate surface area is 95.0 Å². The van der Waals surface area contributed by atoms with E-state index in [0.717, 1.165) is 31.0 Å². The van der Waals surface area contributed by atoms with Gasteiger partial charge in [-0.1, -0.05) is 18.2 Å². The summed E-state index contributed by atoms with van der Waals surface area (Å²) in [6.07, 6.45) is 0. The van der Waals surface area contributed by atoms with Crippen LogP contribution in [0, 0.1) is 0 Å². The fraction of sp³-hybridized carbons (Fsp3) is 0.385. The minimum absolute atomic E-state index is 0.325. The van der Waals surface area contributed by atoms with Gasteiger partial charge >= 0.3 is 0 Å². The van der Waals surface area contributed by atoms with Crippen LogP contribution in [-0.2, 0) is 0 Å². The van der Waals surface area contributed by atoms with E-state index in [-0.39, 0.29) is 0 Å². The van der Waals surface area contributed by atoms with Crippen molar-refractivity contribution >= 4 is 11.0 Å². The van der Waals surface area contributed by atoms with Gasteiger partial charge in [0.25, 0.3) is 0 Å². The van der Waals surface area contributed by atoms with Crippen LogP contribution in [0.2, 0.25) is 0 Å². The van der Waals surface area contributed by atoms with E-state index in [4.69, 9.17) is 4.42 Å². The third-order valence-corrected chi connectivity index (χ3v) is 3.17. The Morgan fingerprint density at radius 2 is 2.25 bits per heavy atom. The summed E-state index contributed by atoms with van der Waals surface area (Å²) in [4.78, 5) is 2.33. The average molecular weight is 216 g/mol. The first-order valence-electron chi connectivity index (χ1n) is 5.73. The number of hydrogen-bond acceptors (Lipinski definition) is 3. The lowest BCUT2D eigenvalue weighted by molar-refractivity contribution is 0.224. The van der Waals surface area contributed by atoms with E-state index < -0.39 is 0 Å². The van der Waals surface area contributed by atoms with Crippen LogP contribution < -0.4 is 5.32 Å². The molecule has 3 rings (SSSR count). The number of fused-ring (bicyclic) bond motifs is 1. The number of piperazine rings is 1. The molecule has 0 spiro atoms. The van der Waals surface area contributed by atoms with E-state index in [2.05, 4.69) is 29.4 Å². The van der Waals surface area contributed by atoms with Crippen molar-refractivity contribution in [2.24, 2.45) is 0 Å². The molecule has 1 aliphatic heterocycles. The van der Waals surface area contributed by atoms with Gasteiger partial charge in [-0.05, 0) is 19.2 Å². The van der Waals surface area contributed by atoms with Crippen molar-refractivity contribution in [2.75, 3.05) is 26.7 Å². The number of likely N-dealkylation sites (N-methyl/N-ethyl adjacent to an activating group) is 1. The maximum absolute atomic E-state index is 5.87. The molecule has 0 radical (unpaired) electrons. The van der Waals surface area contributed by atoms with E-state index >= 15 is 0 Å². The summed E-state index contributed by atoms with van der Waals surface area (Å²) in [5.41, 5.74) is 0.979. The summed E-state index contributed by atoms with van der Waals surface area (Å²) in [7, 11) is 2.15. The van der Waals surface area contributed by atoms with Crippen LogP contribution in [-0.4, -0.2) is 31.6 Å². The molecular formula is C13H16N2O. The van der Waals surface area contributed by atoms with Crippen molar-refractivity contribution in [3.63, 3.8) is 0 Å². The fourth-order valence-electron chi connectivity index (χ4n) is 2.26. The van der Waals surface area contributed by atoms with Crippen molar-refractivity contribution < 1.29 is 4.42 Å². The number of para-hydroxylation sites is 1. The molecule has 2 aromatic rings. The highest BCUT2D eigenvalue weighted by molar-refractivity contribution is 5.77. The highest BCUT2D eigenvalue weighted by Gasteiger charge is 2.21. The lowest BCUT2D eigenvalue weighted by atomic mass is 10.1. The quantitative estimate of drug-likeness (QED) is 0.790. The molecule has 1 aliphatic rings. The molecule has 1 aromatic heterocycles. The summed E-state index contributed by atoms with van der Waals surface area (Å²) >= 11 is 0. The molecule has 84 valence electrons. The number of benzene rings is 1. The van der Waals surface area contributed by atoms with Crippen LogP contribution in [0.15, 0.2) is 34.7 Å². The molecule has 2 heterocycles. The van der Waals surface area contributed by atoms with Gasteiger partial charge in [0.2, 0.25) is 0 Å². The van der Waals surface area contributed by atoms with Gasteiger partial charge < -0.3 is 14.6 Å². The Morgan fingerprint density at radius 1 is 1.38 bits per heavy atom. The Balaban J connectivity index is 1.93. The highest BCUT2D eigenvalue weighted by Crippen LogP contribution is 2.25. The van der Waals surface area contributed by atoms with E-state index in [0.29, 0.717) is 6.04 Å². The van der Waals surface area contributed by atoms with Crippen LogP contribution >= 0.6 is 0 Å². The maximum atomic E-state index is 5.87. The molecule has 3 nitrogen and oxygen atoms in total. The molecule has 1 N–H and O–H groups in total. The van der Waals surface area contributed by atoms with Gasteiger partial charge in [-0.2, -0.15) is 0 Å². The Bertz CT molecular complexity index is 458. The monoisotopic (exact) mass is 216 g/mol. The van der Waals surface area contributed by atoms with Gasteiger partial charge in [0.1, 0.15) is 11.3 Å². The Morgan fingerprint density at radius 3 is 3.06 bits per heavy atom.